The molecule has 1 atom stereocenters. The van der Waals surface area contributed by atoms with E-state index in [1.807, 2.05) is 12.1 Å². The van der Waals surface area contributed by atoms with Gasteiger partial charge in [0.2, 0.25) is 0 Å². The van der Waals surface area contributed by atoms with Crippen molar-refractivity contribution in [2.75, 3.05) is 13.1 Å². The fourth-order valence-corrected chi connectivity index (χ4v) is 2.83. The van der Waals surface area contributed by atoms with Crippen LogP contribution in [-0.2, 0) is 5.60 Å². The second-order valence-electron chi connectivity index (χ2n) is 3.58. The van der Waals surface area contributed by atoms with Crippen molar-refractivity contribution in [1.29, 1.82) is 0 Å². The number of nitrogens with one attached hydrogen (secondary N) is 1. The van der Waals surface area contributed by atoms with Gasteiger partial charge in [-0.3, -0.25) is 0 Å². The maximum Gasteiger partial charge on any atom is 0.104 e. The van der Waals surface area contributed by atoms with Gasteiger partial charge in [0.25, 0.3) is 0 Å². The molecule has 0 aliphatic carbocycles. The van der Waals surface area contributed by atoms with Crippen molar-refractivity contribution in [3.05, 3.63) is 33.3 Å². The van der Waals surface area contributed by atoms with E-state index in [1.165, 1.54) is 0 Å². The van der Waals surface area contributed by atoms with E-state index in [-0.39, 0.29) is 0 Å². The summed E-state index contributed by atoms with van der Waals surface area (Å²) < 4.78 is 0.871. The standard InChI is InChI=1S/C10H11BrClNO/c11-9-5-7(12)1-2-8(9)10(14)3-4-13-6-10/h1-2,5,13-14H,3-4,6H2. The van der Waals surface area contributed by atoms with Gasteiger partial charge in [-0.2, -0.15) is 0 Å². The van der Waals surface area contributed by atoms with Gasteiger partial charge in [0.15, 0.2) is 0 Å². The van der Waals surface area contributed by atoms with Crippen LogP contribution in [0.3, 0.4) is 0 Å². The molecule has 14 heavy (non-hydrogen) atoms. The van der Waals surface area contributed by atoms with Gasteiger partial charge in [0.05, 0.1) is 0 Å². The van der Waals surface area contributed by atoms with Crippen LogP contribution in [-0.4, -0.2) is 18.2 Å². The molecule has 2 rings (SSSR count). The third-order valence-corrected chi connectivity index (χ3v) is 3.46. The Morgan fingerprint density at radius 3 is 2.86 bits per heavy atom. The van der Waals surface area contributed by atoms with E-state index >= 15 is 0 Å². The first-order valence-corrected chi connectivity index (χ1v) is 5.67. The molecule has 0 bridgehead atoms. The summed E-state index contributed by atoms with van der Waals surface area (Å²) in [5.41, 5.74) is 0.163. The Kier molecular flexibility index (Phi) is 2.84. The summed E-state index contributed by atoms with van der Waals surface area (Å²) >= 11 is 9.26. The van der Waals surface area contributed by atoms with Crippen LogP contribution in [0.15, 0.2) is 22.7 Å². The molecule has 1 unspecified atom stereocenters. The first-order chi connectivity index (χ1) is 6.62. The van der Waals surface area contributed by atoms with Gasteiger partial charge in [-0.1, -0.05) is 33.6 Å². The second-order valence-corrected chi connectivity index (χ2v) is 4.87. The first kappa shape index (κ1) is 10.4. The van der Waals surface area contributed by atoms with Gasteiger partial charge in [-0.05, 0) is 30.7 Å². The lowest BCUT2D eigenvalue weighted by Crippen LogP contribution is -2.28. The van der Waals surface area contributed by atoms with Crippen molar-refractivity contribution in [3.8, 4) is 0 Å². The summed E-state index contributed by atoms with van der Waals surface area (Å²) in [6.45, 7) is 1.46. The van der Waals surface area contributed by atoms with E-state index in [1.54, 1.807) is 6.07 Å². The number of hydrogen-bond donors (Lipinski definition) is 2. The van der Waals surface area contributed by atoms with Crippen LogP contribution in [0.5, 0.6) is 0 Å². The molecule has 76 valence electrons. The molecule has 1 aromatic rings. The summed E-state index contributed by atoms with van der Waals surface area (Å²) in [6, 6.07) is 5.49. The minimum absolute atomic E-state index is 0.604. The summed E-state index contributed by atoms with van der Waals surface area (Å²) in [6.07, 6.45) is 0.743. The second kappa shape index (κ2) is 3.81. The molecule has 1 aliphatic heterocycles. The molecule has 0 amide bonds. The molecule has 1 saturated heterocycles. The lowest BCUT2D eigenvalue weighted by molar-refractivity contribution is 0.0580. The molecular weight excluding hydrogens is 265 g/mol. The van der Waals surface area contributed by atoms with Crippen LogP contribution in [0.25, 0.3) is 0 Å². The number of benzene rings is 1. The van der Waals surface area contributed by atoms with Crippen molar-refractivity contribution in [3.63, 3.8) is 0 Å². The molecule has 2 N–H and O–H groups in total. The third-order valence-electron chi connectivity index (χ3n) is 2.57. The highest BCUT2D eigenvalue weighted by atomic mass is 79.9. The SMILES string of the molecule is OC1(c2ccc(Cl)cc2Br)CCNC1. The van der Waals surface area contributed by atoms with E-state index < -0.39 is 5.60 Å². The summed E-state index contributed by atoms with van der Waals surface area (Å²) in [7, 11) is 0. The van der Waals surface area contributed by atoms with Crippen LogP contribution >= 0.6 is 27.5 Å². The molecule has 1 aliphatic rings. The van der Waals surface area contributed by atoms with E-state index in [0.29, 0.717) is 11.6 Å². The van der Waals surface area contributed by atoms with Crippen LogP contribution < -0.4 is 5.32 Å². The monoisotopic (exact) mass is 275 g/mol. The normalized spacial score (nSPS) is 26.8. The van der Waals surface area contributed by atoms with Gasteiger partial charge >= 0.3 is 0 Å². The van der Waals surface area contributed by atoms with Crippen LogP contribution in [0.4, 0.5) is 0 Å². The third kappa shape index (κ3) is 1.82. The van der Waals surface area contributed by atoms with Crippen molar-refractivity contribution >= 4 is 27.5 Å². The zero-order valence-electron chi connectivity index (χ0n) is 7.56. The van der Waals surface area contributed by atoms with E-state index in [0.717, 1.165) is 23.0 Å². The Labute approximate surface area is 96.4 Å². The molecule has 0 saturated carbocycles. The highest BCUT2D eigenvalue weighted by Gasteiger charge is 2.34. The average Bonchev–Trinajstić information content (AvgIpc) is 2.52. The number of halogens is 2. The number of hydrogen-bond acceptors (Lipinski definition) is 2. The smallest absolute Gasteiger partial charge is 0.104 e. The largest absolute Gasteiger partial charge is 0.384 e. The zero-order valence-corrected chi connectivity index (χ0v) is 9.90. The lowest BCUT2D eigenvalue weighted by atomic mass is 9.93. The summed E-state index contributed by atoms with van der Waals surface area (Å²) in [5.74, 6) is 0. The van der Waals surface area contributed by atoms with E-state index in [4.69, 9.17) is 11.6 Å². The molecule has 1 aromatic carbocycles. The molecule has 4 heteroatoms. The summed E-state index contributed by atoms with van der Waals surface area (Å²) in [4.78, 5) is 0. The average molecular weight is 277 g/mol. The number of β-amino-alcohol motifs (C(OH)–C–C–N with tert-alkyl or cyclic N) is 1. The van der Waals surface area contributed by atoms with Gasteiger partial charge in [0, 0.05) is 16.0 Å². The van der Waals surface area contributed by atoms with E-state index in [9.17, 15) is 5.11 Å². The summed E-state index contributed by atoms with van der Waals surface area (Å²) in [5, 5.41) is 14.1. The maximum absolute atomic E-state index is 10.3. The molecule has 0 radical (unpaired) electrons. The van der Waals surface area contributed by atoms with E-state index in [2.05, 4.69) is 21.2 Å². The Morgan fingerprint density at radius 1 is 1.50 bits per heavy atom. The molecule has 0 aromatic heterocycles. The van der Waals surface area contributed by atoms with Crippen LogP contribution in [0.1, 0.15) is 12.0 Å². The Morgan fingerprint density at radius 2 is 2.29 bits per heavy atom. The predicted molar refractivity (Wildman–Crippen MR) is 60.5 cm³/mol. The van der Waals surface area contributed by atoms with Crippen molar-refractivity contribution in [2.45, 2.75) is 12.0 Å². The minimum Gasteiger partial charge on any atom is -0.384 e. The fraction of sp³-hybridized carbons (Fsp3) is 0.400. The highest BCUT2D eigenvalue weighted by molar-refractivity contribution is 9.10. The molecule has 2 nitrogen and oxygen atoms in total. The number of rotatable bonds is 1. The van der Waals surface area contributed by atoms with Gasteiger partial charge in [-0.25, -0.2) is 0 Å². The highest BCUT2D eigenvalue weighted by Crippen LogP contribution is 2.34. The van der Waals surface area contributed by atoms with Crippen LogP contribution in [0.2, 0.25) is 5.02 Å². The predicted octanol–water partition coefficient (Wildman–Crippen LogP) is 2.28. The Bertz CT molecular complexity index is 350. The minimum atomic E-state index is -0.747. The van der Waals surface area contributed by atoms with Crippen molar-refractivity contribution in [1.82, 2.24) is 5.32 Å². The van der Waals surface area contributed by atoms with Crippen molar-refractivity contribution in [2.24, 2.45) is 0 Å². The fourth-order valence-electron chi connectivity index (χ4n) is 1.78. The number of aliphatic hydroxyl groups is 1. The molecule has 0 spiro atoms. The molecule has 1 heterocycles. The van der Waals surface area contributed by atoms with Gasteiger partial charge in [0.1, 0.15) is 5.60 Å². The Balaban J connectivity index is 2.40. The quantitative estimate of drug-likeness (QED) is 0.825. The molecule has 1 fully saturated rings. The topological polar surface area (TPSA) is 32.3 Å². The lowest BCUT2D eigenvalue weighted by Gasteiger charge is -2.23. The first-order valence-electron chi connectivity index (χ1n) is 4.50. The van der Waals surface area contributed by atoms with Gasteiger partial charge < -0.3 is 10.4 Å². The molecular formula is C10H11BrClNO. The maximum atomic E-state index is 10.3. The zero-order chi connectivity index (χ0) is 10.2. The van der Waals surface area contributed by atoms with Gasteiger partial charge in [-0.15, -0.1) is 0 Å². The van der Waals surface area contributed by atoms with Crippen molar-refractivity contribution < 1.29 is 5.11 Å². The Hall–Kier alpha value is -0.0900. The van der Waals surface area contributed by atoms with Crippen LogP contribution in [0, 0.1) is 0 Å².